The van der Waals surface area contributed by atoms with Crippen LogP contribution in [0.25, 0.3) is 0 Å². The highest BCUT2D eigenvalue weighted by Crippen LogP contribution is 2.26. The number of aliphatic hydroxyl groups is 1. The second kappa shape index (κ2) is 10.1. The minimum absolute atomic E-state index is 0.0186. The Balaban J connectivity index is 2.03. The van der Waals surface area contributed by atoms with E-state index >= 15 is 0 Å². The molecule has 0 saturated carbocycles. The molecule has 0 radical (unpaired) electrons. The Bertz CT molecular complexity index is 822. The van der Waals surface area contributed by atoms with Gasteiger partial charge in [0.15, 0.2) is 0 Å². The fourth-order valence-electron chi connectivity index (χ4n) is 2.62. The topological polar surface area (TPSA) is 91.6 Å². The average molecular weight is 405 g/mol. The SMILES string of the molecule is COC(=N)c1ccc(CC(CO)NC(=O)c2ccc(OC(C)C)c(Cl)c2)cc1. The largest absolute Gasteiger partial charge is 0.489 e. The van der Waals surface area contributed by atoms with Crippen molar-refractivity contribution >= 4 is 23.4 Å². The van der Waals surface area contributed by atoms with E-state index in [0.29, 0.717) is 28.3 Å². The van der Waals surface area contributed by atoms with Crippen molar-refractivity contribution < 1.29 is 19.4 Å². The van der Waals surface area contributed by atoms with Gasteiger partial charge >= 0.3 is 0 Å². The van der Waals surface area contributed by atoms with Crippen molar-refractivity contribution in [1.82, 2.24) is 5.32 Å². The second-order valence-corrected chi connectivity index (χ2v) is 7.01. The minimum atomic E-state index is -0.453. The summed E-state index contributed by atoms with van der Waals surface area (Å²) in [5.41, 5.74) is 1.98. The number of carbonyl (C=O) groups is 1. The third-order valence-corrected chi connectivity index (χ3v) is 4.31. The van der Waals surface area contributed by atoms with Crippen molar-refractivity contribution in [3.05, 3.63) is 64.2 Å². The van der Waals surface area contributed by atoms with Gasteiger partial charge in [0.1, 0.15) is 5.75 Å². The first-order valence-electron chi connectivity index (χ1n) is 8.93. The van der Waals surface area contributed by atoms with Crippen molar-refractivity contribution in [2.24, 2.45) is 0 Å². The van der Waals surface area contributed by atoms with Gasteiger partial charge in [0, 0.05) is 11.1 Å². The summed E-state index contributed by atoms with van der Waals surface area (Å²) in [6, 6.07) is 11.6. The van der Waals surface area contributed by atoms with E-state index in [-0.39, 0.29) is 24.5 Å². The molecule has 0 aliphatic rings. The van der Waals surface area contributed by atoms with Crippen molar-refractivity contribution in [2.75, 3.05) is 13.7 Å². The van der Waals surface area contributed by atoms with Gasteiger partial charge in [-0.1, -0.05) is 23.7 Å². The number of halogens is 1. The average Bonchev–Trinajstić information content (AvgIpc) is 2.68. The lowest BCUT2D eigenvalue weighted by atomic mass is 10.0. The van der Waals surface area contributed by atoms with Gasteiger partial charge in [0.05, 0.1) is 30.9 Å². The molecule has 0 aromatic heterocycles. The van der Waals surface area contributed by atoms with Crippen LogP contribution in [0.4, 0.5) is 0 Å². The van der Waals surface area contributed by atoms with Gasteiger partial charge < -0.3 is 19.9 Å². The number of rotatable bonds is 8. The molecule has 2 aromatic carbocycles. The summed E-state index contributed by atoms with van der Waals surface area (Å²) in [5.74, 6) is 0.281. The Kier molecular flexibility index (Phi) is 7.84. The Labute approximate surface area is 169 Å². The van der Waals surface area contributed by atoms with Crippen LogP contribution in [-0.2, 0) is 11.2 Å². The lowest BCUT2D eigenvalue weighted by Gasteiger charge is -2.17. The maximum Gasteiger partial charge on any atom is 0.251 e. The zero-order valence-corrected chi connectivity index (χ0v) is 16.9. The molecule has 6 nitrogen and oxygen atoms in total. The Morgan fingerprint density at radius 2 is 1.82 bits per heavy atom. The van der Waals surface area contributed by atoms with Crippen molar-refractivity contribution in [3.8, 4) is 5.75 Å². The molecule has 0 spiro atoms. The van der Waals surface area contributed by atoms with Gasteiger partial charge in [-0.15, -0.1) is 0 Å². The van der Waals surface area contributed by atoms with Crippen LogP contribution in [0, 0.1) is 5.41 Å². The maximum absolute atomic E-state index is 12.5. The number of carbonyl (C=O) groups excluding carboxylic acids is 1. The Morgan fingerprint density at radius 1 is 1.18 bits per heavy atom. The molecule has 1 amide bonds. The van der Waals surface area contributed by atoms with Gasteiger partial charge in [-0.2, -0.15) is 0 Å². The molecular formula is C21H25ClN2O4. The van der Waals surface area contributed by atoms with Crippen LogP contribution in [0.3, 0.4) is 0 Å². The van der Waals surface area contributed by atoms with Crippen LogP contribution in [0.2, 0.25) is 5.02 Å². The summed E-state index contributed by atoms with van der Waals surface area (Å²) < 4.78 is 10.5. The standard InChI is InChI=1S/C21H25ClN2O4/c1-13(2)28-19-9-8-16(11-18(19)22)21(26)24-17(12-25)10-14-4-6-15(7-5-14)20(23)27-3/h4-9,11,13,17,23,25H,10,12H2,1-3H3,(H,24,26). The van der Waals surface area contributed by atoms with Crippen LogP contribution >= 0.6 is 11.6 Å². The summed E-state index contributed by atoms with van der Waals surface area (Å²) >= 11 is 6.19. The predicted octanol–water partition coefficient (Wildman–Crippen LogP) is 3.43. The van der Waals surface area contributed by atoms with Crippen LogP contribution in [0.15, 0.2) is 42.5 Å². The van der Waals surface area contributed by atoms with Crippen LogP contribution in [0.5, 0.6) is 5.75 Å². The molecule has 150 valence electrons. The fraction of sp³-hybridized carbons (Fsp3) is 0.333. The molecule has 0 bridgehead atoms. The first-order chi connectivity index (χ1) is 13.3. The highest BCUT2D eigenvalue weighted by atomic mass is 35.5. The molecule has 28 heavy (non-hydrogen) atoms. The monoisotopic (exact) mass is 404 g/mol. The van der Waals surface area contributed by atoms with E-state index in [1.165, 1.54) is 7.11 Å². The summed E-state index contributed by atoms with van der Waals surface area (Å²) in [6.07, 6.45) is 0.431. The number of benzene rings is 2. The van der Waals surface area contributed by atoms with Crippen LogP contribution in [-0.4, -0.2) is 42.8 Å². The number of amides is 1. The van der Waals surface area contributed by atoms with E-state index in [9.17, 15) is 9.90 Å². The number of hydrogen-bond acceptors (Lipinski definition) is 5. The minimum Gasteiger partial charge on any atom is -0.489 e. The first kappa shape index (κ1) is 21.7. The van der Waals surface area contributed by atoms with Gasteiger partial charge in [0.2, 0.25) is 5.90 Å². The maximum atomic E-state index is 12.5. The Hall–Kier alpha value is -2.57. The van der Waals surface area contributed by atoms with Gasteiger partial charge in [0.25, 0.3) is 5.91 Å². The molecule has 0 aliphatic carbocycles. The predicted molar refractivity (Wildman–Crippen MR) is 110 cm³/mol. The third-order valence-electron chi connectivity index (χ3n) is 4.01. The molecule has 0 saturated heterocycles. The van der Waals surface area contributed by atoms with Crippen molar-refractivity contribution in [3.63, 3.8) is 0 Å². The molecule has 1 atom stereocenters. The zero-order valence-electron chi connectivity index (χ0n) is 16.2. The third kappa shape index (κ3) is 5.97. The van der Waals surface area contributed by atoms with E-state index in [0.717, 1.165) is 5.56 Å². The summed E-state index contributed by atoms with van der Waals surface area (Å²) in [6.45, 7) is 3.59. The highest BCUT2D eigenvalue weighted by molar-refractivity contribution is 6.32. The van der Waals surface area contributed by atoms with E-state index in [1.54, 1.807) is 30.3 Å². The highest BCUT2D eigenvalue weighted by Gasteiger charge is 2.16. The normalized spacial score (nSPS) is 11.8. The zero-order chi connectivity index (χ0) is 20.7. The molecule has 0 heterocycles. The summed E-state index contributed by atoms with van der Waals surface area (Å²) in [7, 11) is 1.45. The number of aliphatic hydroxyl groups excluding tert-OH is 1. The van der Waals surface area contributed by atoms with Crippen molar-refractivity contribution in [1.29, 1.82) is 5.41 Å². The fourth-order valence-corrected chi connectivity index (χ4v) is 2.84. The number of methoxy groups -OCH3 is 1. The van der Waals surface area contributed by atoms with Gasteiger partial charge in [-0.25, -0.2) is 0 Å². The molecule has 0 fully saturated rings. The molecule has 0 aliphatic heterocycles. The van der Waals surface area contributed by atoms with Crippen LogP contribution in [0.1, 0.15) is 35.3 Å². The Morgan fingerprint density at radius 3 is 2.36 bits per heavy atom. The number of nitrogens with one attached hydrogen (secondary N) is 2. The molecule has 1 unspecified atom stereocenters. The molecule has 2 aromatic rings. The van der Waals surface area contributed by atoms with E-state index < -0.39 is 6.04 Å². The second-order valence-electron chi connectivity index (χ2n) is 6.60. The molecule has 7 heteroatoms. The molecule has 2 rings (SSSR count). The number of hydrogen-bond donors (Lipinski definition) is 3. The summed E-state index contributed by atoms with van der Waals surface area (Å²) in [4.78, 5) is 12.5. The van der Waals surface area contributed by atoms with Crippen molar-refractivity contribution in [2.45, 2.75) is 32.4 Å². The number of ether oxygens (including phenoxy) is 2. The van der Waals surface area contributed by atoms with Gasteiger partial charge in [-0.05, 0) is 56.2 Å². The lowest BCUT2D eigenvalue weighted by Crippen LogP contribution is -2.39. The lowest BCUT2D eigenvalue weighted by molar-refractivity contribution is 0.0916. The van der Waals surface area contributed by atoms with Gasteiger partial charge in [-0.3, -0.25) is 10.2 Å². The quantitative estimate of drug-likeness (QED) is 0.464. The van der Waals surface area contributed by atoms with Crippen LogP contribution < -0.4 is 10.1 Å². The van der Waals surface area contributed by atoms with E-state index in [4.69, 9.17) is 26.5 Å². The molecular weight excluding hydrogens is 380 g/mol. The first-order valence-corrected chi connectivity index (χ1v) is 9.31. The summed E-state index contributed by atoms with van der Waals surface area (Å²) in [5, 5.41) is 20.5. The van der Waals surface area contributed by atoms with E-state index in [1.807, 2.05) is 26.0 Å². The molecule has 3 N–H and O–H groups in total. The smallest absolute Gasteiger partial charge is 0.251 e. The van der Waals surface area contributed by atoms with E-state index in [2.05, 4.69) is 5.32 Å².